The molecule has 0 atom stereocenters. The van der Waals surface area contributed by atoms with Crippen molar-refractivity contribution in [3.05, 3.63) is 35.9 Å². The Hall–Kier alpha value is -0.510. The SMILES string of the molecule is CCNC(=NCC1(SC)CCOCC1)N1CCN(Cc2ccccc2)CC1.I. The number of benzene rings is 1. The van der Waals surface area contributed by atoms with E-state index >= 15 is 0 Å². The van der Waals surface area contributed by atoms with Gasteiger partial charge in [-0.15, -0.1) is 24.0 Å². The minimum absolute atomic E-state index is 0. The van der Waals surface area contributed by atoms with Crippen LogP contribution in [0.25, 0.3) is 0 Å². The molecule has 2 aliphatic rings. The lowest BCUT2D eigenvalue weighted by Gasteiger charge is -2.38. The van der Waals surface area contributed by atoms with E-state index in [2.05, 4.69) is 58.6 Å². The Balaban J connectivity index is 0.00000280. The van der Waals surface area contributed by atoms with E-state index in [1.165, 1.54) is 5.56 Å². The highest BCUT2D eigenvalue weighted by Gasteiger charge is 2.32. The van der Waals surface area contributed by atoms with Gasteiger partial charge in [-0.25, -0.2) is 0 Å². The van der Waals surface area contributed by atoms with Crippen LogP contribution in [0.4, 0.5) is 0 Å². The molecule has 5 nitrogen and oxygen atoms in total. The van der Waals surface area contributed by atoms with Gasteiger partial charge in [0.15, 0.2) is 5.96 Å². The molecule has 0 aliphatic carbocycles. The molecule has 2 aliphatic heterocycles. The highest BCUT2D eigenvalue weighted by atomic mass is 127. The van der Waals surface area contributed by atoms with Crippen LogP contribution in [0, 0.1) is 0 Å². The lowest BCUT2D eigenvalue weighted by molar-refractivity contribution is 0.0793. The molecular formula is C21H35IN4OS. The van der Waals surface area contributed by atoms with Gasteiger partial charge in [-0.05, 0) is 31.6 Å². The van der Waals surface area contributed by atoms with Gasteiger partial charge in [0, 0.05) is 57.2 Å². The van der Waals surface area contributed by atoms with Gasteiger partial charge in [0.2, 0.25) is 0 Å². The quantitative estimate of drug-likeness (QED) is 0.356. The van der Waals surface area contributed by atoms with Crippen molar-refractivity contribution in [1.82, 2.24) is 15.1 Å². The minimum atomic E-state index is 0. The summed E-state index contributed by atoms with van der Waals surface area (Å²) < 4.78 is 5.81. The fraction of sp³-hybridized carbons (Fsp3) is 0.667. The van der Waals surface area contributed by atoms with Gasteiger partial charge in [-0.1, -0.05) is 30.3 Å². The normalized spacial score (nSPS) is 20.5. The van der Waals surface area contributed by atoms with Gasteiger partial charge in [0.05, 0.1) is 6.54 Å². The van der Waals surface area contributed by atoms with Crippen molar-refractivity contribution in [1.29, 1.82) is 0 Å². The number of halogens is 1. The number of thioether (sulfide) groups is 1. The van der Waals surface area contributed by atoms with E-state index in [0.717, 1.165) is 77.8 Å². The van der Waals surface area contributed by atoms with Crippen LogP contribution in [0.3, 0.4) is 0 Å². The summed E-state index contributed by atoms with van der Waals surface area (Å²) in [6.45, 7) is 11.0. The molecule has 2 fully saturated rings. The number of rotatable bonds is 6. The van der Waals surface area contributed by atoms with E-state index in [-0.39, 0.29) is 28.7 Å². The number of piperazine rings is 1. The van der Waals surface area contributed by atoms with E-state index in [1.807, 2.05) is 11.8 Å². The van der Waals surface area contributed by atoms with Crippen molar-refractivity contribution in [2.75, 3.05) is 58.7 Å². The number of nitrogens with zero attached hydrogens (tertiary/aromatic N) is 3. The predicted octanol–water partition coefficient (Wildman–Crippen LogP) is 3.30. The number of ether oxygens (including phenoxy) is 1. The summed E-state index contributed by atoms with van der Waals surface area (Å²) >= 11 is 1.96. The Morgan fingerprint density at radius 1 is 1.14 bits per heavy atom. The van der Waals surface area contributed by atoms with E-state index in [4.69, 9.17) is 9.73 Å². The topological polar surface area (TPSA) is 40.1 Å². The molecule has 0 radical (unpaired) electrons. The smallest absolute Gasteiger partial charge is 0.194 e. The fourth-order valence-corrected chi connectivity index (χ4v) is 4.54. The van der Waals surface area contributed by atoms with Gasteiger partial charge < -0.3 is 15.0 Å². The molecule has 1 N–H and O–H groups in total. The third-order valence-corrected chi connectivity index (χ3v) is 7.01. The van der Waals surface area contributed by atoms with Crippen LogP contribution in [0.1, 0.15) is 25.3 Å². The molecule has 0 saturated carbocycles. The van der Waals surface area contributed by atoms with Crippen molar-refractivity contribution in [2.45, 2.75) is 31.1 Å². The number of hydrogen-bond donors (Lipinski definition) is 1. The molecule has 7 heteroatoms. The lowest BCUT2D eigenvalue weighted by Crippen LogP contribution is -2.52. The molecule has 1 aromatic carbocycles. The van der Waals surface area contributed by atoms with Crippen molar-refractivity contribution in [3.8, 4) is 0 Å². The third kappa shape index (κ3) is 6.78. The van der Waals surface area contributed by atoms with Crippen molar-refractivity contribution in [2.24, 2.45) is 4.99 Å². The molecule has 2 heterocycles. The summed E-state index contributed by atoms with van der Waals surface area (Å²) in [4.78, 5) is 10.0. The molecule has 28 heavy (non-hydrogen) atoms. The maximum Gasteiger partial charge on any atom is 0.194 e. The summed E-state index contributed by atoms with van der Waals surface area (Å²) in [5.41, 5.74) is 1.40. The first-order valence-corrected chi connectivity index (χ1v) is 11.4. The maximum atomic E-state index is 5.56. The maximum absolute atomic E-state index is 5.56. The monoisotopic (exact) mass is 518 g/mol. The van der Waals surface area contributed by atoms with E-state index in [1.54, 1.807) is 0 Å². The van der Waals surface area contributed by atoms with Crippen LogP contribution in [-0.4, -0.2) is 79.2 Å². The van der Waals surface area contributed by atoms with Crippen LogP contribution >= 0.6 is 35.7 Å². The van der Waals surface area contributed by atoms with Gasteiger partial charge in [-0.2, -0.15) is 11.8 Å². The molecule has 0 unspecified atom stereocenters. The Morgan fingerprint density at radius 3 is 2.43 bits per heavy atom. The molecular weight excluding hydrogens is 483 g/mol. The molecule has 0 bridgehead atoms. The van der Waals surface area contributed by atoms with Gasteiger partial charge in [0.25, 0.3) is 0 Å². The third-order valence-electron chi connectivity index (χ3n) is 5.61. The molecule has 3 rings (SSSR count). The van der Waals surface area contributed by atoms with Crippen LogP contribution in [0.15, 0.2) is 35.3 Å². The number of aliphatic imine (C=N–C) groups is 1. The molecule has 0 spiro atoms. The second kappa shape index (κ2) is 12.2. The zero-order valence-electron chi connectivity index (χ0n) is 17.2. The van der Waals surface area contributed by atoms with E-state index in [0.29, 0.717) is 0 Å². The number of hydrogen-bond acceptors (Lipinski definition) is 4. The molecule has 158 valence electrons. The second-order valence-electron chi connectivity index (χ2n) is 7.42. The van der Waals surface area contributed by atoms with Gasteiger partial charge in [0.1, 0.15) is 0 Å². The molecule has 0 aromatic heterocycles. The largest absolute Gasteiger partial charge is 0.381 e. The number of guanidine groups is 1. The van der Waals surface area contributed by atoms with Crippen molar-refractivity contribution < 1.29 is 4.74 Å². The zero-order chi connectivity index (χ0) is 19.0. The summed E-state index contributed by atoms with van der Waals surface area (Å²) in [6.07, 6.45) is 4.42. The highest BCUT2D eigenvalue weighted by Crippen LogP contribution is 2.34. The Kier molecular flexibility index (Phi) is 10.4. The van der Waals surface area contributed by atoms with E-state index < -0.39 is 0 Å². The second-order valence-corrected chi connectivity index (χ2v) is 8.69. The van der Waals surface area contributed by atoms with Crippen molar-refractivity contribution in [3.63, 3.8) is 0 Å². The van der Waals surface area contributed by atoms with Crippen LogP contribution in [0.2, 0.25) is 0 Å². The summed E-state index contributed by atoms with van der Waals surface area (Å²) in [6, 6.07) is 10.8. The van der Waals surface area contributed by atoms with Crippen LogP contribution in [-0.2, 0) is 11.3 Å². The first kappa shape index (κ1) is 23.8. The molecule has 2 saturated heterocycles. The average molecular weight is 519 g/mol. The Labute approximate surface area is 191 Å². The van der Waals surface area contributed by atoms with Gasteiger partial charge in [-0.3, -0.25) is 9.89 Å². The summed E-state index contributed by atoms with van der Waals surface area (Å²) in [7, 11) is 0. The Bertz CT molecular complexity index is 587. The minimum Gasteiger partial charge on any atom is -0.381 e. The standard InChI is InChI=1S/C21H34N4OS.HI/c1-3-22-20(23-18-21(27-2)9-15-26-16-10-21)25-13-11-24(12-14-25)17-19-7-5-4-6-8-19;/h4-8H,3,9-18H2,1-2H3,(H,22,23);1H. The Morgan fingerprint density at radius 2 is 1.82 bits per heavy atom. The highest BCUT2D eigenvalue weighted by molar-refractivity contribution is 14.0. The van der Waals surface area contributed by atoms with Gasteiger partial charge >= 0.3 is 0 Å². The fourth-order valence-electron chi connectivity index (χ4n) is 3.77. The first-order valence-electron chi connectivity index (χ1n) is 10.2. The average Bonchev–Trinajstić information content (AvgIpc) is 2.73. The van der Waals surface area contributed by atoms with Crippen molar-refractivity contribution >= 4 is 41.7 Å². The van der Waals surface area contributed by atoms with Crippen LogP contribution < -0.4 is 5.32 Å². The molecule has 0 amide bonds. The van der Waals surface area contributed by atoms with E-state index in [9.17, 15) is 0 Å². The zero-order valence-corrected chi connectivity index (χ0v) is 20.4. The molecule has 1 aromatic rings. The summed E-state index contributed by atoms with van der Waals surface area (Å²) in [5.74, 6) is 1.08. The lowest BCUT2D eigenvalue weighted by atomic mass is 9.99. The number of nitrogens with one attached hydrogen (secondary N) is 1. The predicted molar refractivity (Wildman–Crippen MR) is 131 cm³/mol. The summed E-state index contributed by atoms with van der Waals surface area (Å²) in [5, 5.41) is 3.51. The first-order chi connectivity index (χ1) is 13.2. The van der Waals surface area contributed by atoms with Crippen LogP contribution in [0.5, 0.6) is 0 Å².